The molecule has 3 heterocycles. The number of carbonyl (C=O) groups excluding carboxylic acids is 1. The average Bonchev–Trinajstić information content (AvgIpc) is 3.27. The molecule has 1 amide bonds. The maximum atomic E-state index is 14.0. The molecule has 1 aromatic heterocycles. The van der Waals surface area contributed by atoms with Gasteiger partial charge in [-0.25, -0.2) is 0 Å². The summed E-state index contributed by atoms with van der Waals surface area (Å²) in [6.45, 7) is 2.35. The number of fused-ring (bicyclic) bond motifs is 4. The number of aromatic amines is 1. The number of hydrogen-bond acceptors (Lipinski definition) is 5. The van der Waals surface area contributed by atoms with Crippen LogP contribution in [0.2, 0.25) is 0 Å². The molecule has 0 radical (unpaired) electrons. The van der Waals surface area contributed by atoms with Crippen molar-refractivity contribution in [2.75, 3.05) is 11.4 Å². The summed E-state index contributed by atoms with van der Waals surface area (Å²) in [5, 5.41) is 17.4. The largest absolute Gasteiger partial charge is 0.420 e. The van der Waals surface area contributed by atoms with E-state index in [0.29, 0.717) is 23.4 Å². The van der Waals surface area contributed by atoms with Crippen molar-refractivity contribution in [2.45, 2.75) is 12.3 Å². The van der Waals surface area contributed by atoms with Crippen molar-refractivity contribution in [3.63, 3.8) is 0 Å². The van der Waals surface area contributed by atoms with Gasteiger partial charge in [-0.3, -0.25) is 9.89 Å². The summed E-state index contributed by atoms with van der Waals surface area (Å²) < 4.78 is 6.49. The van der Waals surface area contributed by atoms with Gasteiger partial charge in [0.15, 0.2) is 0 Å². The zero-order valence-corrected chi connectivity index (χ0v) is 17.5. The van der Waals surface area contributed by atoms with Crippen molar-refractivity contribution in [3.05, 3.63) is 75.6 Å². The third-order valence-electron chi connectivity index (χ3n) is 5.65. The van der Waals surface area contributed by atoms with Crippen LogP contribution in [-0.4, -0.2) is 22.6 Å². The van der Waals surface area contributed by atoms with E-state index in [1.54, 1.807) is 4.90 Å². The molecule has 0 aliphatic carbocycles. The van der Waals surface area contributed by atoms with Crippen LogP contribution in [0.3, 0.4) is 0 Å². The minimum absolute atomic E-state index is 0.0638. The Bertz CT molecular complexity index is 1270. The van der Waals surface area contributed by atoms with Gasteiger partial charge < -0.3 is 15.4 Å². The predicted molar refractivity (Wildman–Crippen MR) is 114 cm³/mol. The first-order chi connectivity index (χ1) is 14.5. The molecule has 3 aromatic rings. The molecule has 2 aliphatic heterocycles. The molecule has 0 saturated carbocycles. The molecule has 1 atom stereocenters. The van der Waals surface area contributed by atoms with Crippen molar-refractivity contribution in [1.82, 2.24) is 10.2 Å². The van der Waals surface area contributed by atoms with Gasteiger partial charge in [0, 0.05) is 27.8 Å². The van der Waals surface area contributed by atoms with Crippen molar-refractivity contribution in [1.29, 1.82) is 5.26 Å². The molecule has 2 aliphatic rings. The fourth-order valence-corrected chi connectivity index (χ4v) is 4.79. The number of H-pyrrole nitrogens is 1. The maximum absolute atomic E-state index is 14.0. The van der Waals surface area contributed by atoms with Gasteiger partial charge in [-0.05, 0) is 25.1 Å². The number of benzene rings is 2. The van der Waals surface area contributed by atoms with Crippen LogP contribution in [-0.2, 0) is 10.2 Å². The van der Waals surface area contributed by atoms with Crippen molar-refractivity contribution in [3.8, 4) is 23.2 Å². The van der Waals surface area contributed by atoms with Crippen molar-refractivity contribution >= 4 is 27.5 Å². The van der Waals surface area contributed by atoms with Crippen LogP contribution in [0.5, 0.6) is 5.88 Å². The fraction of sp³-hybridized carbons (Fsp3) is 0.136. The number of nitriles is 1. The van der Waals surface area contributed by atoms with Gasteiger partial charge in [-0.1, -0.05) is 46.3 Å². The average molecular weight is 462 g/mol. The predicted octanol–water partition coefficient (Wildman–Crippen LogP) is 3.58. The van der Waals surface area contributed by atoms with E-state index in [0.717, 1.165) is 15.7 Å². The van der Waals surface area contributed by atoms with E-state index in [1.807, 2.05) is 55.5 Å². The van der Waals surface area contributed by atoms with Gasteiger partial charge in [0.05, 0.1) is 11.3 Å². The zero-order valence-electron chi connectivity index (χ0n) is 15.9. The van der Waals surface area contributed by atoms with Gasteiger partial charge in [-0.15, -0.1) is 5.10 Å². The van der Waals surface area contributed by atoms with Crippen LogP contribution in [0.4, 0.5) is 5.69 Å². The Balaban J connectivity index is 1.94. The highest BCUT2D eigenvalue weighted by Gasteiger charge is 2.61. The molecule has 5 rings (SSSR count). The normalized spacial score (nSPS) is 19.5. The second-order valence-corrected chi connectivity index (χ2v) is 7.97. The van der Waals surface area contributed by atoms with Crippen LogP contribution in [0, 0.1) is 11.3 Å². The molecular weight excluding hydrogens is 446 g/mol. The van der Waals surface area contributed by atoms with E-state index in [1.165, 1.54) is 0 Å². The summed E-state index contributed by atoms with van der Waals surface area (Å²) in [4.78, 5) is 15.7. The SMILES string of the molecule is CCN1C(=O)[C@@]2(C(C#N)=C(N)Oc3n[nH]c(-c4ccccc4)c32)c2cc(Br)ccc21. The summed E-state index contributed by atoms with van der Waals surface area (Å²) in [7, 11) is 0. The second kappa shape index (κ2) is 6.47. The van der Waals surface area contributed by atoms with Gasteiger partial charge in [0.2, 0.25) is 17.7 Å². The second-order valence-electron chi connectivity index (χ2n) is 7.06. The van der Waals surface area contributed by atoms with Crippen molar-refractivity contribution in [2.24, 2.45) is 5.73 Å². The quantitative estimate of drug-likeness (QED) is 0.606. The van der Waals surface area contributed by atoms with Gasteiger partial charge in [0.25, 0.3) is 0 Å². The first-order valence-electron chi connectivity index (χ1n) is 9.38. The molecule has 3 N–H and O–H groups in total. The molecule has 0 saturated heterocycles. The number of amides is 1. The zero-order chi connectivity index (χ0) is 21.0. The van der Waals surface area contributed by atoms with E-state index < -0.39 is 5.41 Å². The topological polar surface area (TPSA) is 108 Å². The molecule has 8 heteroatoms. The number of ether oxygens (including phenoxy) is 1. The van der Waals surface area contributed by atoms with Gasteiger partial charge in [0.1, 0.15) is 17.1 Å². The molecule has 0 unspecified atom stereocenters. The Morgan fingerprint density at radius 3 is 2.77 bits per heavy atom. The van der Waals surface area contributed by atoms with E-state index in [4.69, 9.17) is 10.5 Å². The number of nitrogens with zero attached hydrogens (tertiary/aromatic N) is 3. The fourth-order valence-electron chi connectivity index (χ4n) is 4.43. The third kappa shape index (κ3) is 2.18. The van der Waals surface area contributed by atoms with Crippen LogP contribution < -0.4 is 15.4 Å². The monoisotopic (exact) mass is 461 g/mol. The summed E-state index contributed by atoms with van der Waals surface area (Å²) in [5.74, 6) is -0.170. The third-order valence-corrected chi connectivity index (χ3v) is 6.14. The number of likely N-dealkylation sites (N-methyl/N-ethyl adjacent to an activating group) is 1. The molecule has 0 fully saturated rings. The van der Waals surface area contributed by atoms with E-state index in [9.17, 15) is 10.1 Å². The lowest BCUT2D eigenvalue weighted by Crippen LogP contribution is -2.46. The standard InChI is InChI=1S/C22H16BrN5O2/c1-2-28-16-9-8-13(23)10-14(16)22(21(28)29)15(11-24)19(25)30-20-17(22)18(26-27-20)12-6-4-3-5-7-12/h3-10H,2,25H2,1H3,(H,26,27)/t22-/m1/s1. The Hall–Kier alpha value is -3.57. The van der Waals surface area contributed by atoms with E-state index >= 15 is 0 Å². The van der Waals surface area contributed by atoms with Crippen LogP contribution in [0.25, 0.3) is 11.3 Å². The van der Waals surface area contributed by atoms with Gasteiger partial charge in [-0.2, -0.15) is 5.26 Å². The Labute approximate surface area is 180 Å². The van der Waals surface area contributed by atoms with Gasteiger partial charge >= 0.3 is 0 Å². The number of aromatic nitrogens is 2. The molecule has 30 heavy (non-hydrogen) atoms. The molecule has 0 bridgehead atoms. The number of rotatable bonds is 2. The van der Waals surface area contributed by atoms with E-state index in [2.05, 4.69) is 32.2 Å². The highest BCUT2D eigenvalue weighted by molar-refractivity contribution is 9.10. The summed E-state index contributed by atoms with van der Waals surface area (Å²) in [6, 6.07) is 17.3. The number of carbonyl (C=O) groups is 1. The summed E-state index contributed by atoms with van der Waals surface area (Å²) in [6.07, 6.45) is 0. The smallest absolute Gasteiger partial charge is 0.247 e. The number of nitrogens with two attached hydrogens (primary N) is 1. The van der Waals surface area contributed by atoms with E-state index in [-0.39, 0.29) is 23.2 Å². The Kier molecular flexibility index (Phi) is 3.98. The molecule has 148 valence electrons. The summed E-state index contributed by atoms with van der Waals surface area (Å²) >= 11 is 3.51. The van der Waals surface area contributed by atoms with Crippen molar-refractivity contribution < 1.29 is 9.53 Å². The Morgan fingerprint density at radius 2 is 2.07 bits per heavy atom. The Morgan fingerprint density at radius 1 is 1.30 bits per heavy atom. The molecule has 2 aromatic carbocycles. The van der Waals surface area contributed by atoms with Crippen LogP contribution >= 0.6 is 15.9 Å². The maximum Gasteiger partial charge on any atom is 0.247 e. The number of anilines is 1. The van der Waals surface area contributed by atoms with Crippen LogP contribution in [0.1, 0.15) is 18.1 Å². The number of nitrogens with one attached hydrogen (secondary N) is 1. The lowest BCUT2D eigenvalue weighted by atomic mass is 9.68. The number of hydrogen-bond donors (Lipinski definition) is 2. The molecule has 7 nitrogen and oxygen atoms in total. The molecule has 1 spiro atoms. The summed E-state index contributed by atoms with van der Waals surface area (Å²) in [5.41, 5.74) is 8.12. The first kappa shape index (κ1) is 18.5. The lowest BCUT2D eigenvalue weighted by molar-refractivity contribution is -0.120. The highest BCUT2D eigenvalue weighted by atomic mass is 79.9. The molecular formula is C22H16BrN5O2. The highest BCUT2D eigenvalue weighted by Crippen LogP contribution is 2.57. The van der Waals surface area contributed by atoms with Crippen LogP contribution in [0.15, 0.2) is 64.5 Å². The first-order valence-corrected chi connectivity index (χ1v) is 10.2. The minimum atomic E-state index is -1.44. The number of halogens is 1. The lowest BCUT2D eigenvalue weighted by Gasteiger charge is -2.32. The minimum Gasteiger partial charge on any atom is -0.420 e.